The highest BCUT2D eigenvalue weighted by atomic mass is 32.1. The quantitative estimate of drug-likeness (QED) is 0.0690. The van der Waals surface area contributed by atoms with E-state index in [4.69, 9.17) is 21.7 Å². The van der Waals surface area contributed by atoms with Crippen LogP contribution in [0.15, 0.2) is 34.5 Å². The average molecular weight is 750 g/mol. The Bertz CT molecular complexity index is 1950. The molecule has 2 saturated heterocycles. The van der Waals surface area contributed by atoms with E-state index in [2.05, 4.69) is 32.6 Å². The summed E-state index contributed by atoms with van der Waals surface area (Å²) in [7, 11) is -17.3. The average Bonchev–Trinajstić information content (AvgIpc) is 3.60. The number of nitrogens with one attached hydrogen (secondary N) is 2. The maximum absolute atomic E-state index is 12.4. The van der Waals surface area contributed by atoms with Gasteiger partial charge in [-0.2, -0.15) is 8.62 Å². The van der Waals surface area contributed by atoms with Crippen LogP contribution in [0.5, 0.6) is 0 Å². The smallest absolute Gasteiger partial charge is 0.387 e. The zero-order valence-corrected chi connectivity index (χ0v) is 26.5. The summed E-state index contributed by atoms with van der Waals surface area (Å²) in [6.45, 7) is -2.14. The minimum absolute atomic E-state index is 0.120. The maximum Gasteiger partial charge on any atom is 0.490 e. The number of phosphoric acid groups is 3. The highest BCUT2D eigenvalue weighted by Crippen LogP contribution is 2.67. The number of hydrogen-bond acceptors (Lipinski definition) is 18. The van der Waals surface area contributed by atoms with Crippen molar-refractivity contribution in [2.24, 2.45) is 0 Å². The van der Waals surface area contributed by atoms with Gasteiger partial charge in [0.1, 0.15) is 47.8 Å². The molecule has 260 valence electrons. The Balaban J connectivity index is 1.15. The monoisotopic (exact) mass is 750 g/mol. The zero-order chi connectivity index (χ0) is 34.5. The van der Waals surface area contributed by atoms with E-state index in [1.165, 1.54) is 17.2 Å². The highest BCUT2D eigenvalue weighted by Gasteiger charge is 2.49. The number of fused-ring (bicyclic) bond motifs is 1. The van der Waals surface area contributed by atoms with E-state index in [1.807, 2.05) is 4.98 Å². The van der Waals surface area contributed by atoms with Gasteiger partial charge in [-0.15, -0.1) is 0 Å². The van der Waals surface area contributed by atoms with E-state index in [9.17, 15) is 58.4 Å². The predicted molar refractivity (Wildman–Crippen MR) is 149 cm³/mol. The van der Waals surface area contributed by atoms with Crippen LogP contribution in [0.2, 0.25) is 0 Å². The Morgan fingerprint density at radius 2 is 1.36 bits per heavy atom. The van der Waals surface area contributed by atoms with E-state index < -0.39 is 97.0 Å². The first-order valence-corrected chi connectivity index (χ1v) is 17.7. The number of aromatic amines is 2. The Hall–Kier alpha value is -2.38. The molecule has 9 N–H and O–H groups in total. The first-order chi connectivity index (χ1) is 21.9. The van der Waals surface area contributed by atoms with Crippen LogP contribution in [0.1, 0.15) is 12.5 Å². The van der Waals surface area contributed by atoms with Gasteiger partial charge in [-0.25, -0.2) is 28.5 Å². The van der Waals surface area contributed by atoms with Crippen LogP contribution in [0.25, 0.3) is 11.2 Å². The van der Waals surface area contributed by atoms with Gasteiger partial charge in [0.15, 0.2) is 17.1 Å². The van der Waals surface area contributed by atoms with Crippen molar-refractivity contribution in [1.29, 1.82) is 0 Å². The molecule has 0 aliphatic carbocycles. The second-order valence-electron chi connectivity index (χ2n) is 9.83. The molecule has 0 aromatic carbocycles. The fourth-order valence-corrected chi connectivity index (χ4v) is 8.27. The van der Waals surface area contributed by atoms with Crippen LogP contribution in [-0.4, -0.2) is 114 Å². The molecule has 0 spiro atoms. The number of nitrogens with zero attached hydrogens (tertiary/aromatic N) is 4. The Morgan fingerprint density at radius 1 is 0.830 bits per heavy atom. The van der Waals surface area contributed by atoms with E-state index in [1.54, 1.807) is 0 Å². The fraction of sp³-hybridized carbons (Fsp3) is 0.526. The molecule has 0 radical (unpaired) electrons. The van der Waals surface area contributed by atoms with Crippen molar-refractivity contribution in [2.75, 3.05) is 13.2 Å². The summed E-state index contributed by atoms with van der Waals surface area (Å²) >= 11 is 5.06. The molecule has 5 rings (SSSR count). The molecular weight excluding hydrogens is 725 g/mol. The Morgan fingerprint density at radius 3 is 1.89 bits per heavy atom. The van der Waals surface area contributed by atoms with E-state index in [0.29, 0.717) is 4.57 Å². The van der Waals surface area contributed by atoms with Gasteiger partial charge in [0.25, 0.3) is 5.56 Å². The lowest BCUT2D eigenvalue weighted by atomic mass is 10.1. The van der Waals surface area contributed by atoms with Gasteiger partial charge in [-0.3, -0.25) is 28.0 Å². The van der Waals surface area contributed by atoms with E-state index in [-0.39, 0.29) is 15.8 Å². The molecule has 28 heteroatoms. The second-order valence-corrected chi connectivity index (χ2v) is 14.8. The summed E-state index contributed by atoms with van der Waals surface area (Å²) < 4.78 is 66.8. The number of phosphoric ester groups is 2. The van der Waals surface area contributed by atoms with Gasteiger partial charge in [0.2, 0.25) is 0 Å². The van der Waals surface area contributed by atoms with Gasteiger partial charge < -0.3 is 49.6 Å². The summed E-state index contributed by atoms with van der Waals surface area (Å²) in [6, 6.07) is 0.909. The number of imidazole rings is 1. The molecule has 47 heavy (non-hydrogen) atoms. The number of hydrogen-bond donors (Lipinski definition) is 9. The van der Waals surface area contributed by atoms with Gasteiger partial charge in [-0.1, -0.05) is 12.2 Å². The molecule has 2 aliphatic heterocycles. The highest BCUT2D eigenvalue weighted by molar-refractivity contribution is 7.71. The molecular formula is C19H25N6O18P3S. The van der Waals surface area contributed by atoms with Crippen molar-refractivity contribution in [3.63, 3.8) is 0 Å². The predicted octanol–water partition coefficient (Wildman–Crippen LogP) is -2.35. The molecule has 0 amide bonds. The molecule has 0 saturated carbocycles. The normalized spacial score (nSPS) is 31.8. The first kappa shape index (κ1) is 35.9. The summed E-state index contributed by atoms with van der Waals surface area (Å²) in [4.78, 5) is 65.4. The molecule has 2 aliphatic rings. The first-order valence-electron chi connectivity index (χ1n) is 12.8. The Kier molecular flexibility index (Phi) is 10.3. The summed E-state index contributed by atoms with van der Waals surface area (Å²) in [6.07, 6.45) is -9.74. The van der Waals surface area contributed by atoms with E-state index in [0.717, 1.165) is 12.3 Å². The fourth-order valence-electron chi connectivity index (χ4n) is 4.55. The second kappa shape index (κ2) is 13.5. The van der Waals surface area contributed by atoms with Crippen molar-refractivity contribution in [3.05, 3.63) is 50.4 Å². The molecule has 24 nitrogen and oxygen atoms in total. The lowest BCUT2D eigenvalue weighted by Gasteiger charge is -2.21. The number of ether oxygens (including phenoxy) is 2. The maximum atomic E-state index is 12.4. The molecule has 11 atom stereocenters. The van der Waals surface area contributed by atoms with Crippen molar-refractivity contribution >= 4 is 46.8 Å². The van der Waals surface area contributed by atoms with Crippen LogP contribution >= 0.6 is 35.7 Å². The third kappa shape index (κ3) is 7.93. The van der Waals surface area contributed by atoms with Crippen LogP contribution < -0.4 is 11.2 Å². The van der Waals surface area contributed by atoms with Crippen LogP contribution in [0, 0.1) is 4.64 Å². The zero-order valence-electron chi connectivity index (χ0n) is 23.0. The number of H-pyrrole nitrogens is 2. The van der Waals surface area contributed by atoms with Gasteiger partial charge in [-0.05, 0) is 0 Å². The summed E-state index contributed by atoms with van der Waals surface area (Å²) in [5.41, 5.74) is -1.31. The van der Waals surface area contributed by atoms with Crippen molar-refractivity contribution in [2.45, 2.75) is 49.1 Å². The largest absolute Gasteiger partial charge is 0.490 e. The molecule has 4 unspecified atom stereocenters. The number of aromatic nitrogens is 6. The van der Waals surface area contributed by atoms with Gasteiger partial charge in [0, 0.05) is 12.3 Å². The molecule has 5 heterocycles. The van der Waals surface area contributed by atoms with Crippen molar-refractivity contribution in [1.82, 2.24) is 29.1 Å². The molecule has 3 aromatic heterocycles. The van der Waals surface area contributed by atoms with E-state index >= 15 is 0 Å². The topological polar surface area (TPSA) is 350 Å². The third-order valence-corrected chi connectivity index (χ3v) is 11.2. The minimum Gasteiger partial charge on any atom is -0.387 e. The number of aliphatic hydroxyl groups excluding tert-OH is 4. The molecule has 2 fully saturated rings. The third-order valence-electron chi connectivity index (χ3n) is 6.67. The van der Waals surface area contributed by atoms with Crippen LogP contribution in [-0.2, 0) is 40.8 Å². The number of aliphatic hydroxyl groups is 4. The van der Waals surface area contributed by atoms with Crippen molar-refractivity contribution < 1.29 is 75.9 Å². The summed E-state index contributed by atoms with van der Waals surface area (Å²) in [5, 5.41) is 41.3. The van der Waals surface area contributed by atoms with Crippen LogP contribution in [0.4, 0.5) is 0 Å². The van der Waals surface area contributed by atoms with Gasteiger partial charge >= 0.3 is 29.2 Å². The molecule has 3 aromatic rings. The lowest BCUT2D eigenvalue weighted by Crippen LogP contribution is -2.37. The van der Waals surface area contributed by atoms with Crippen LogP contribution in [0.3, 0.4) is 0 Å². The Labute approximate surface area is 264 Å². The standard InChI is InChI=1S/C19H25N6O18P3S/c26-9-1-2-24(19(31)23-9)17-13(29)11(27)7(40-17)3-38-44(32,33)42-46(36,37)43-45(34,35)39-4-8-12(28)14(30)18(41-8)25-6-22-10-15(25)20-5-21-16(10)47/h1-2,5-8,11-14,17-18,27-30H,3-4H2,(H,32,33)(H,34,35)(H,36,37)(H,20,21,47)(H,23,26,31)/t7?,8-,11-,12-,13-,14-,17+,18+/m1/s1. The summed E-state index contributed by atoms with van der Waals surface area (Å²) in [5.74, 6) is 0. The number of rotatable bonds is 12. The molecule has 0 bridgehead atoms. The minimum atomic E-state index is -5.96. The van der Waals surface area contributed by atoms with Crippen molar-refractivity contribution in [3.8, 4) is 0 Å². The lowest BCUT2D eigenvalue weighted by molar-refractivity contribution is -0.0543. The van der Waals surface area contributed by atoms with Gasteiger partial charge in [0.05, 0.1) is 25.9 Å². The SMILES string of the molecule is O=c1ccn([C@H]2OC(COP(=O)(O)OP(=O)(O)OP(=O)(O)OC[C@H]3O[C@H](n4cnc5c(=S)nc[nH]c54)[C@H](O)[C@@H]3O)[C@@H](O)[C@H]2O)c(=O)[nH]1.